The van der Waals surface area contributed by atoms with E-state index >= 15 is 0 Å². The zero-order valence-corrected chi connectivity index (χ0v) is 12.2. The number of benzene rings is 1. The van der Waals surface area contributed by atoms with Gasteiger partial charge < -0.3 is 0 Å². The van der Waals surface area contributed by atoms with Crippen molar-refractivity contribution in [3.8, 4) is 0 Å². The average molecular weight is 279 g/mol. The van der Waals surface area contributed by atoms with Crippen LogP contribution in [-0.4, -0.2) is 0 Å². The molecule has 0 heterocycles. The summed E-state index contributed by atoms with van der Waals surface area (Å²) in [6.45, 7) is 0. The van der Waals surface area contributed by atoms with E-state index in [9.17, 15) is 0 Å². The molecule has 1 aromatic rings. The van der Waals surface area contributed by atoms with Crippen LogP contribution in [-0.2, 0) is 26.1 Å². The molecule has 0 nitrogen and oxygen atoms in total. The minimum absolute atomic E-state index is 0.628. The zero-order chi connectivity index (χ0) is 5.11. The average Bonchev–Trinajstić information content (AvgIpc) is 1.69. The molecular formula is C6H6Hg. The van der Waals surface area contributed by atoms with Crippen LogP contribution in [0, 0.1) is 0 Å². The van der Waals surface area contributed by atoms with Crippen molar-refractivity contribution in [1.82, 2.24) is 0 Å². The molecule has 0 aliphatic rings. The first-order valence-electron chi connectivity index (χ1n) is 2.41. The van der Waals surface area contributed by atoms with E-state index in [4.69, 9.17) is 0 Å². The van der Waals surface area contributed by atoms with E-state index in [0.29, 0.717) is 26.1 Å². The van der Waals surface area contributed by atoms with Gasteiger partial charge in [-0.25, -0.2) is 0 Å². The van der Waals surface area contributed by atoms with E-state index in [1.54, 1.807) is 3.07 Å². The molecule has 0 aliphatic carbocycles. The van der Waals surface area contributed by atoms with Gasteiger partial charge in [-0.1, -0.05) is 0 Å². The van der Waals surface area contributed by atoms with Gasteiger partial charge in [-0.05, 0) is 0 Å². The van der Waals surface area contributed by atoms with Crippen LogP contribution in [0.25, 0.3) is 0 Å². The van der Waals surface area contributed by atoms with Gasteiger partial charge in [0, 0.05) is 0 Å². The Morgan fingerprint density at radius 2 is 1.57 bits per heavy atom. The molecule has 0 saturated heterocycles. The molecule has 32 valence electrons. The Kier molecular flexibility index (Phi) is 1.86. The third-order valence-corrected chi connectivity index (χ3v) is 3.53. The van der Waals surface area contributed by atoms with E-state index in [-0.39, 0.29) is 0 Å². The normalized spacial score (nSPS) is 8.43. The van der Waals surface area contributed by atoms with Gasteiger partial charge in [-0.15, -0.1) is 0 Å². The molecule has 0 spiro atoms. The van der Waals surface area contributed by atoms with Crippen LogP contribution in [0.4, 0.5) is 0 Å². The summed E-state index contributed by atoms with van der Waals surface area (Å²) in [4.78, 5) is 0. The van der Waals surface area contributed by atoms with E-state index in [0.717, 1.165) is 0 Å². The van der Waals surface area contributed by atoms with Crippen molar-refractivity contribution < 1.29 is 26.1 Å². The van der Waals surface area contributed by atoms with Crippen molar-refractivity contribution in [1.29, 1.82) is 0 Å². The summed E-state index contributed by atoms with van der Waals surface area (Å²) in [5.74, 6) is 0. The second kappa shape index (κ2) is 2.46. The summed E-state index contributed by atoms with van der Waals surface area (Å²) in [5, 5.41) is 0. The Bertz CT molecular complexity index is 134. The third kappa shape index (κ3) is 1.60. The summed E-state index contributed by atoms with van der Waals surface area (Å²) in [6.07, 6.45) is 0. The minimum atomic E-state index is 0.628. The van der Waals surface area contributed by atoms with E-state index in [2.05, 4.69) is 30.3 Å². The quantitative estimate of drug-likeness (QED) is 0.610. The standard InChI is InChI=1S/C6H5.Hg.H/c1-2-4-6-5-3-1;;/h1-5H;;. The van der Waals surface area contributed by atoms with Crippen molar-refractivity contribution in [3.63, 3.8) is 0 Å². The fourth-order valence-corrected chi connectivity index (χ4v) is 2.03. The third-order valence-electron chi connectivity index (χ3n) is 0.940. The van der Waals surface area contributed by atoms with Crippen LogP contribution in [0.2, 0.25) is 0 Å². The summed E-state index contributed by atoms with van der Waals surface area (Å²) in [5.41, 5.74) is 0. The van der Waals surface area contributed by atoms with E-state index in [1.807, 2.05) is 0 Å². The molecule has 0 atom stereocenters. The number of hydrogen-bond donors (Lipinski definition) is 0. The number of hydrogen-bond acceptors (Lipinski definition) is 0. The first-order chi connectivity index (χ1) is 3.39. The molecule has 1 aromatic carbocycles. The van der Waals surface area contributed by atoms with E-state index < -0.39 is 0 Å². The second-order valence-corrected chi connectivity index (χ2v) is 6.14. The van der Waals surface area contributed by atoms with Gasteiger partial charge in [0.15, 0.2) is 0 Å². The fourth-order valence-electron chi connectivity index (χ4n) is 0.534. The Labute approximate surface area is 59.5 Å². The molecular weight excluding hydrogens is 273 g/mol. The molecule has 0 bridgehead atoms. The van der Waals surface area contributed by atoms with Gasteiger partial charge in [0.05, 0.1) is 0 Å². The molecule has 0 aliphatic heterocycles. The Hall–Kier alpha value is 0.155. The van der Waals surface area contributed by atoms with Crippen LogP contribution in [0.15, 0.2) is 30.3 Å². The van der Waals surface area contributed by atoms with Crippen molar-refractivity contribution in [3.05, 3.63) is 30.3 Å². The van der Waals surface area contributed by atoms with E-state index in [1.165, 1.54) is 0 Å². The molecule has 0 N–H and O–H groups in total. The Balaban J connectivity index is 3.02. The molecule has 0 unspecified atom stereocenters. The van der Waals surface area contributed by atoms with Crippen molar-refractivity contribution in [2.24, 2.45) is 0 Å². The fraction of sp³-hybridized carbons (Fsp3) is 0. The topological polar surface area (TPSA) is 0 Å². The molecule has 1 rings (SSSR count). The van der Waals surface area contributed by atoms with Gasteiger partial charge in [0.25, 0.3) is 0 Å². The van der Waals surface area contributed by atoms with Crippen molar-refractivity contribution in [2.75, 3.05) is 0 Å². The van der Waals surface area contributed by atoms with Crippen LogP contribution in [0.3, 0.4) is 0 Å². The van der Waals surface area contributed by atoms with Crippen LogP contribution >= 0.6 is 0 Å². The molecule has 0 radical (unpaired) electrons. The molecule has 1 heteroatoms. The molecule has 7 heavy (non-hydrogen) atoms. The molecule has 0 amide bonds. The van der Waals surface area contributed by atoms with Crippen LogP contribution < -0.4 is 3.07 Å². The van der Waals surface area contributed by atoms with Crippen LogP contribution in [0.5, 0.6) is 0 Å². The summed E-state index contributed by atoms with van der Waals surface area (Å²) >= 11 is 0.628. The molecule has 0 fully saturated rings. The number of rotatable bonds is 0. The second-order valence-electron chi connectivity index (χ2n) is 1.65. The van der Waals surface area contributed by atoms with Gasteiger partial charge in [-0.2, -0.15) is 0 Å². The SMILES string of the molecule is [HgH][c]1ccccc1. The molecule has 0 saturated carbocycles. The monoisotopic (exact) mass is 280 g/mol. The van der Waals surface area contributed by atoms with Gasteiger partial charge in [-0.3, -0.25) is 0 Å². The zero-order valence-electron chi connectivity index (χ0n) is 4.39. The van der Waals surface area contributed by atoms with Crippen molar-refractivity contribution >= 4 is 3.07 Å². The summed E-state index contributed by atoms with van der Waals surface area (Å²) in [7, 11) is 0. The summed E-state index contributed by atoms with van der Waals surface area (Å²) < 4.78 is 1.54. The maximum absolute atomic E-state index is 2.18. The first-order valence-corrected chi connectivity index (χ1v) is 6.30. The Morgan fingerprint density at radius 1 is 1.00 bits per heavy atom. The summed E-state index contributed by atoms with van der Waals surface area (Å²) in [6, 6.07) is 10.6. The predicted molar refractivity (Wildman–Crippen MR) is 27.5 cm³/mol. The predicted octanol–water partition coefficient (Wildman–Crippen LogP) is 0.591. The Morgan fingerprint density at radius 3 is 1.86 bits per heavy atom. The molecule has 0 aromatic heterocycles. The maximum atomic E-state index is 2.18. The first kappa shape index (κ1) is 5.29. The van der Waals surface area contributed by atoms with Gasteiger partial charge in [0.2, 0.25) is 0 Å². The van der Waals surface area contributed by atoms with Gasteiger partial charge in [0.1, 0.15) is 0 Å². The van der Waals surface area contributed by atoms with Crippen molar-refractivity contribution in [2.45, 2.75) is 0 Å². The van der Waals surface area contributed by atoms with Crippen LogP contribution in [0.1, 0.15) is 0 Å². The van der Waals surface area contributed by atoms with Gasteiger partial charge >= 0.3 is 59.5 Å².